The Morgan fingerprint density at radius 3 is 2.56 bits per heavy atom. The highest BCUT2D eigenvalue weighted by Crippen LogP contribution is 2.24. The summed E-state index contributed by atoms with van der Waals surface area (Å²) in [6.45, 7) is 2.65. The first kappa shape index (κ1) is 14.2. The van der Waals surface area contributed by atoms with Gasteiger partial charge < -0.3 is 11.1 Å². The molecule has 0 fully saturated rings. The van der Waals surface area contributed by atoms with Crippen LogP contribution in [0, 0.1) is 6.92 Å². The molecule has 1 aromatic rings. The third-order valence-corrected chi connectivity index (χ3v) is 3.01. The number of hydrogen-bond donors (Lipinski definition) is 2. The van der Waals surface area contributed by atoms with Crippen molar-refractivity contribution in [1.29, 1.82) is 0 Å². The number of nitrogens with two attached hydrogens (primary N) is 1. The molecule has 4 heteroatoms. The molecule has 0 saturated heterocycles. The molecule has 1 atom stereocenters. The molecule has 0 saturated carbocycles. The summed E-state index contributed by atoms with van der Waals surface area (Å²) in [7, 11) is 0. The third kappa shape index (κ3) is 4.99. The van der Waals surface area contributed by atoms with Crippen LogP contribution in [-0.2, 0) is 9.59 Å². The van der Waals surface area contributed by atoms with Crippen molar-refractivity contribution in [2.75, 3.05) is 6.54 Å². The molecule has 18 heavy (non-hydrogen) atoms. The van der Waals surface area contributed by atoms with Gasteiger partial charge in [0, 0.05) is 13.0 Å². The van der Waals surface area contributed by atoms with Crippen molar-refractivity contribution in [3.05, 3.63) is 35.4 Å². The van der Waals surface area contributed by atoms with Gasteiger partial charge in [0.2, 0.25) is 12.3 Å². The molecule has 1 rings (SSSR count). The maximum atomic E-state index is 10.9. The molecule has 0 aliphatic carbocycles. The summed E-state index contributed by atoms with van der Waals surface area (Å²) in [4.78, 5) is 21.1. The van der Waals surface area contributed by atoms with E-state index in [0.29, 0.717) is 19.4 Å². The topological polar surface area (TPSA) is 72.2 Å². The van der Waals surface area contributed by atoms with E-state index < -0.39 is 0 Å². The summed E-state index contributed by atoms with van der Waals surface area (Å²) in [5.41, 5.74) is 7.58. The van der Waals surface area contributed by atoms with Crippen molar-refractivity contribution >= 4 is 12.3 Å². The zero-order valence-electron chi connectivity index (χ0n) is 10.7. The average molecular weight is 248 g/mol. The van der Waals surface area contributed by atoms with Gasteiger partial charge in [-0.05, 0) is 31.2 Å². The monoisotopic (exact) mass is 248 g/mol. The summed E-state index contributed by atoms with van der Waals surface area (Å²) in [5, 5.41) is 2.65. The van der Waals surface area contributed by atoms with Crippen LogP contribution in [-0.4, -0.2) is 18.9 Å². The van der Waals surface area contributed by atoms with Crippen molar-refractivity contribution in [3.8, 4) is 0 Å². The smallest absolute Gasteiger partial charge is 0.217 e. The Balaban J connectivity index is 2.65. The van der Waals surface area contributed by atoms with Gasteiger partial charge in [0.15, 0.2) is 0 Å². The number of rotatable bonds is 8. The van der Waals surface area contributed by atoms with E-state index in [-0.39, 0.29) is 11.8 Å². The molecule has 3 N–H and O–H groups in total. The second-order valence-corrected chi connectivity index (χ2v) is 4.47. The van der Waals surface area contributed by atoms with Crippen LogP contribution in [0.4, 0.5) is 0 Å². The van der Waals surface area contributed by atoms with Crippen LogP contribution >= 0.6 is 0 Å². The highest BCUT2D eigenvalue weighted by Gasteiger charge is 2.12. The number of carbonyl (C=O) groups is 2. The van der Waals surface area contributed by atoms with Gasteiger partial charge in [-0.3, -0.25) is 9.59 Å². The maximum Gasteiger partial charge on any atom is 0.217 e. The van der Waals surface area contributed by atoms with Crippen LogP contribution in [0.25, 0.3) is 0 Å². The molecule has 0 aromatic heterocycles. The molecular formula is C14H20N2O2. The Kier molecular flexibility index (Phi) is 5.91. The molecule has 0 aliphatic rings. The van der Waals surface area contributed by atoms with Crippen LogP contribution in [0.1, 0.15) is 36.3 Å². The van der Waals surface area contributed by atoms with Gasteiger partial charge in [-0.25, -0.2) is 0 Å². The first-order valence-electron chi connectivity index (χ1n) is 6.15. The fraction of sp³-hybridized carbons (Fsp3) is 0.429. The standard InChI is InChI=1S/C14H20N2O2/c1-11-2-4-12(5-3-11)13(6-7-14(15)18)8-9-16-10-17/h2-5,10,13H,6-9H2,1H3,(H2,15,18)(H,16,17). The van der Waals surface area contributed by atoms with E-state index >= 15 is 0 Å². The summed E-state index contributed by atoms with van der Waals surface area (Å²) in [5.74, 6) is -0.0268. The number of carbonyl (C=O) groups excluding carboxylic acids is 2. The van der Waals surface area contributed by atoms with Crippen molar-refractivity contribution in [1.82, 2.24) is 5.32 Å². The van der Waals surface area contributed by atoms with Gasteiger partial charge in [-0.1, -0.05) is 29.8 Å². The summed E-state index contributed by atoms with van der Waals surface area (Å²) >= 11 is 0. The van der Waals surface area contributed by atoms with Crippen LogP contribution in [0.15, 0.2) is 24.3 Å². The Labute approximate surface area is 108 Å². The molecule has 0 heterocycles. The van der Waals surface area contributed by atoms with E-state index in [1.807, 2.05) is 6.92 Å². The summed E-state index contributed by atoms with van der Waals surface area (Å²) in [6, 6.07) is 8.25. The SMILES string of the molecule is Cc1ccc(C(CCNC=O)CCC(N)=O)cc1. The van der Waals surface area contributed by atoms with Gasteiger partial charge in [0.1, 0.15) is 0 Å². The molecule has 4 nitrogen and oxygen atoms in total. The number of hydrogen-bond acceptors (Lipinski definition) is 2. The largest absolute Gasteiger partial charge is 0.370 e. The van der Waals surface area contributed by atoms with E-state index in [0.717, 1.165) is 12.8 Å². The second-order valence-electron chi connectivity index (χ2n) is 4.47. The molecule has 0 radical (unpaired) electrons. The molecule has 0 bridgehead atoms. The van der Waals surface area contributed by atoms with Gasteiger partial charge in [-0.2, -0.15) is 0 Å². The van der Waals surface area contributed by atoms with Crippen molar-refractivity contribution < 1.29 is 9.59 Å². The highest BCUT2D eigenvalue weighted by atomic mass is 16.1. The first-order valence-corrected chi connectivity index (χ1v) is 6.15. The van der Waals surface area contributed by atoms with E-state index in [9.17, 15) is 9.59 Å². The highest BCUT2D eigenvalue weighted by molar-refractivity contribution is 5.73. The van der Waals surface area contributed by atoms with Gasteiger partial charge >= 0.3 is 0 Å². The van der Waals surface area contributed by atoms with Crippen molar-refractivity contribution in [3.63, 3.8) is 0 Å². The third-order valence-electron chi connectivity index (χ3n) is 3.01. The van der Waals surface area contributed by atoms with Crippen molar-refractivity contribution in [2.24, 2.45) is 5.73 Å². The number of amides is 2. The average Bonchev–Trinajstić information content (AvgIpc) is 2.34. The Morgan fingerprint density at radius 2 is 2.00 bits per heavy atom. The normalized spacial score (nSPS) is 11.8. The zero-order chi connectivity index (χ0) is 13.4. The Hall–Kier alpha value is -1.84. The fourth-order valence-electron chi connectivity index (χ4n) is 1.95. The molecule has 0 spiro atoms. The zero-order valence-corrected chi connectivity index (χ0v) is 10.7. The molecule has 1 aromatic carbocycles. The van der Waals surface area contributed by atoms with Gasteiger partial charge in [-0.15, -0.1) is 0 Å². The number of nitrogens with one attached hydrogen (secondary N) is 1. The van der Waals surface area contributed by atoms with E-state index in [1.54, 1.807) is 0 Å². The number of primary amides is 1. The van der Waals surface area contributed by atoms with E-state index in [4.69, 9.17) is 5.73 Å². The molecular weight excluding hydrogens is 228 g/mol. The second kappa shape index (κ2) is 7.48. The Morgan fingerprint density at radius 1 is 1.33 bits per heavy atom. The summed E-state index contributed by atoms with van der Waals surface area (Å²) in [6.07, 6.45) is 2.61. The fourth-order valence-corrected chi connectivity index (χ4v) is 1.95. The lowest BCUT2D eigenvalue weighted by molar-refractivity contribution is -0.118. The summed E-state index contributed by atoms with van der Waals surface area (Å²) < 4.78 is 0. The van der Waals surface area contributed by atoms with Crippen LogP contribution in [0.3, 0.4) is 0 Å². The lowest BCUT2D eigenvalue weighted by atomic mass is 9.90. The quantitative estimate of drug-likeness (QED) is 0.540. The van der Waals surface area contributed by atoms with Crippen LogP contribution in [0.5, 0.6) is 0 Å². The minimum atomic E-state index is -0.282. The molecule has 98 valence electrons. The predicted octanol–water partition coefficient (Wildman–Crippen LogP) is 1.48. The lowest BCUT2D eigenvalue weighted by Gasteiger charge is -2.16. The molecule has 2 amide bonds. The van der Waals surface area contributed by atoms with Crippen molar-refractivity contribution in [2.45, 2.75) is 32.1 Å². The minimum absolute atomic E-state index is 0.255. The number of benzene rings is 1. The maximum absolute atomic E-state index is 10.9. The first-order chi connectivity index (χ1) is 8.63. The number of aryl methyl sites for hydroxylation is 1. The van der Waals surface area contributed by atoms with Crippen LogP contribution < -0.4 is 11.1 Å². The molecule has 1 unspecified atom stereocenters. The molecule has 0 aliphatic heterocycles. The van der Waals surface area contributed by atoms with E-state index in [1.165, 1.54) is 11.1 Å². The minimum Gasteiger partial charge on any atom is -0.370 e. The Bertz CT molecular complexity index is 387. The van der Waals surface area contributed by atoms with Crippen LogP contribution in [0.2, 0.25) is 0 Å². The van der Waals surface area contributed by atoms with Gasteiger partial charge in [0.05, 0.1) is 0 Å². The lowest BCUT2D eigenvalue weighted by Crippen LogP contribution is -2.17. The van der Waals surface area contributed by atoms with Gasteiger partial charge in [0.25, 0.3) is 0 Å². The predicted molar refractivity (Wildman–Crippen MR) is 71.0 cm³/mol. The van der Waals surface area contributed by atoms with E-state index in [2.05, 4.69) is 29.6 Å².